The predicted octanol–water partition coefficient (Wildman–Crippen LogP) is 1.59. The fourth-order valence-corrected chi connectivity index (χ4v) is 1.42. The Bertz CT molecular complexity index is 530. The van der Waals surface area contributed by atoms with E-state index < -0.39 is 16.9 Å². The van der Waals surface area contributed by atoms with E-state index in [0.717, 1.165) is 0 Å². The minimum Gasteiger partial charge on any atom is -0.465 e. The number of amides is 2. The van der Waals surface area contributed by atoms with Crippen LogP contribution in [-0.2, 0) is 9.53 Å². The standard InChI is InChI=1S/C12H15N3O5/c1-3-20-11(16)7-13-12(17)14-9-5-4-8(2)10(6-9)15(18)19/h4-6H,3,7H2,1-2H3,(H2,13,14,17). The number of rotatable bonds is 5. The molecule has 1 rings (SSSR count). The van der Waals surface area contributed by atoms with Crippen molar-refractivity contribution in [3.63, 3.8) is 0 Å². The van der Waals surface area contributed by atoms with E-state index in [-0.39, 0.29) is 24.5 Å². The third-order valence-electron chi connectivity index (χ3n) is 2.36. The van der Waals surface area contributed by atoms with Crippen LogP contribution in [0.25, 0.3) is 0 Å². The van der Waals surface area contributed by atoms with E-state index in [0.29, 0.717) is 5.56 Å². The molecule has 0 fully saturated rings. The van der Waals surface area contributed by atoms with Gasteiger partial charge in [0, 0.05) is 17.3 Å². The summed E-state index contributed by atoms with van der Waals surface area (Å²) in [6.07, 6.45) is 0. The predicted molar refractivity (Wildman–Crippen MR) is 71.5 cm³/mol. The summed E-state index contributed by atoms with van der Waals surface area (Å²) in [5, 5.41) is 15.4. The zero-order valence-corrected chi connectivity index (χ0v) is 11.1. The molecule has 1 aromatic rings. The molecule has 0 heterocycles. The average molecular weight is 281 g/mol. The first kappa shape index (κ1) is 15.4. The SMILES string of the molecule is CCOC(=O)CNC(=O)Nc1ccc(C)c([N+](=O)[O-])c1. The first-order chi connectivity index (χ1) is 9.43. The van der Waals surface area contributed by atoms with Gasteiger partial charge in [0.25, 0.3) is 5.69 Å². The molecule has 2 amide bonds. The van der Waals surface area contributed by atoms with Crippen molar-refractivity contribution in [1.82, 2.24) is 5.32 Å². The van der Waals surface area contributed by atoms with E-state index in [1.807, 2.05) is 0 Å². The highest BCUT2D eigenvalue weighted by Crippen LogP contribution is 2.22. The number of urea groups is 1. The van der Waals surface area contributed by atoms with Gasteiger partial charge in [-0.25, -0.2) is 4.79 Å². The van der Waals surface area contributed by atoms with Gasteiger partial charge in [0.05, 0.1) is 11.5 Å². The highest BCUT2D eigenvalue weighted by atomic mass is 16.6. The van der Waals surface area contributed by atoms with Gasteiger partial charge in [0.2, 0.25) is 0 Å². The Morgan fingerprint density at radius 2 is 2.10 bits per heavy atom. The van der Waals surface area contributed by atoms with Crippen LogP contribution in [0.2, 0.25) is 0 Å². The second kappa shape index (κ2) is 7.07. The second-order valence-corrected chi connectivity index (χ2v) is 3.87. The van der Waals surface area contributed by atoms with Crippen molar-refractivity contribution in [3.8, 4) is 0 Å². The lowest BCUT2D eigenvalue weighted by molar-refractivity contribution is -0.385. The van der Waals surface area contributed by atoms with Crippen molar-refractivity contribution in [2.24, 2.45) is 0 Å². The number of hydrogen-bond donors (Lipinski definition) is 2. The topological polar surface area (TPSA) is 111 Å². The third-order valence-corrected chi connectivity index (χ3v) is 2.36. The smallest absolute Gasteiger partial charge is 0.325 e. The maximum atomic E-state index is 11.5. The molecular weight excluding hydrogens is 266 g/mol. The Morgan fingerprint density at radius 1 is 1.40 bits per heavy atom. The van der Waals surface area contributed by atoms with Crippen molar-refractivity contribution >= 4 is 23.4 Å². The maximum absolute atomic E-state index is 11.5. The number of ether oxygens (including phenoxy) is 1. The van der Waals surface area contributed by atoms with Gasteiger partial charge in [-0.15, -0.1) is 0 Å². The third kappa shape index (κ3) is 4.56. The lowest BCUT2D eigenvalue weighted by Gasteiger charge is -2.07. The van der Waals surface area contributed by atoms with Gasteiger partial charge in [-0.1, -0.05) is 6.07 Å². The van der Waals surface area contributed by atoms with Gasteiger partial charge < -0.3 is 15.4 Å². The van der Waals surface area contributed by atoms with Crippen LogP contribution in [0.15, 0.2) is 18.2 Å². The molecule has 8 heteroatoms. The summed E-state index contributed by atoms with van der Waals surface area (Å²) in [5.74, 6) is -0.558. The summed E-state index contributed by atoms with van der Waals surface area (Å²) >= 11 is 0. The number of nitro benzene ring substituents is 1. The van der Waals surface area contributed by atoms with Gasteiger partial charge in [-0.3, -0.25) is 14.9 Å². The fraction of sp³-hybridized carbons (Fsp3) is 0.333. The van der Waals surface area contributed by atoms with Crippen LogP contribution in [0.1, 0.15) is 12.5 Å². The summed E-state index contributed by atoms with van der Waals surface area (Å²) < 4.78 is 4.64. The van der Waals surface area contributed by atoms with Gasteiger partial charge in [-0.05, 0) is 19.9 Å². The van der Waals surface area contributed by atoms with Crippen molar-refractivity contribution in [1.29, 1.82) is 0 Å². The molecule has 0 saturated heterocycles. The minimum atomic E-state index is -0.642. The summed E-state index contributed by atoms with van der Waals surface area (Å²) in [4.78, 5) is 32.8. The Balaban J connectivity index is 2.60. The molecule has 8 nitrogen and oxygen atoms in total. The van der Waals surface area contributed by atoms with E-state index in [9.17, 15) is 19.7 Å². The summed E-state index contributed by atoms with van der Waals surface area (Å²) in [6, 6.07) is 3.67. The van der Waals surface area contributed by atoms with Crippen molar-refractivity contribution in [2.45, 2.75) is 13.8 Å². The van der Waals surface area contributed by atoms with Gasteiger partial charge in [-0.2, -0.15) is 0 Å². The number of hydrogen-bond acceptors (Lipinski definition) is 5. The van der Waals surface area contributed by atoms with Crippen LogP contribution in [0.3, 0.4) is 0 Å². The molecule has 20 heavy (non-hydrogen) atoms. The molecule has 0 saturated carbocycles. The molecule has 108 valence electrons. The number of carbonyl (C=O) groups excluding carboxylic acids is 2. The average Bonchev–Trinajstić information content (AvgIpc) is 2.39. The normalized spacial score (nSPS) is 9.70. The van der Waals surface area contributed by atoms with Crippen LogP contribution < -0.4 is 10.6 Å². The van der Waals surface area contributed by atoms with Gasteiger partial charge in [0.1, 0.15) is 6.54 Å². The molecule has 0 aliphatic heterocycles. The lowest BCUT2D eigenvalue weighted by atomic mass is 10.2. The Labute approximate surface area is 115 Å². The monoisotopic (exact) mass is 281 g/mol. The number of anilines is 1. The number of esters is 1. The molecule has 1 aromatic carbocycles. The molecule has 0 aliphatic carbocycles. The number of carbonyl (C=O) groups is 2. The molecule has 2 N–H and O–H groups in total. The summed E-state index contributed by atoms with van der Waals surface area (Å²) in [6.45, 7) is 3.21. The van der Waals surface area contributed by atoms with Gasteiger partial charge >= 0.3 is 12.0 Å². The van der Waals surface area contributed by atoms with E-state index in [1.54, 1.807) is 13.8 Å². The molecule has 0 unspecified atom stereocenters. The van der Waals surface area contributed by atoms with Crippen molar-refractivity contribution in [3.05, 3.63) is 33.9 Å². The Kier molecular flexibility index (Phi) is 5.45. The maximum Gasteiger partial charge on any atom is 0.325 e. The summed E-state index contributed by atoms with van der Waals surface area (Å²) in [7, 11) is 0. The Morgan fingerprint density at radius 3 is 2.70 bits per heavy atom. The molecule has 0 aliphatic rings. The quantitative estimate of drug-likeness (QED) is 0.483. The number of aryl methyl sites for hydroxylation is 1. The second-order valence-electron chi connectivity index (χ2n) is 3.87. The van der Waals surface area contributed by atoms with Crippen LogP contribution >= 0.6 is 0 Å². The van der Waals surface area contributed by atoms with Crippen molar-refractivity contribution in [2.75, 3.05) is 18.5 Å². The number of nitro groups is 1. The zero-order chi connectivity index (χ0) is 15.1. The minimum absolute atomic E-state index is 0.0896. The largest absolute Gasteiger partial charge is 0.465 e. The number of benzene rings is 1. The van der Waals surface area contributed by atoms with Crippen LogP contribution in [-0.4, -0.2) is 30.1 Å². The van der Waals surface area contributed by atoms with Crippen LogP contribution in [0.4, 0.5) is 16.2 Å². The number of nitrogens with one attached hydrogen (secondary N) is 2. The van der Waals surface area contributed by atoms with E-state index in [1.165, 1.54) is 18.2 Å². The highest BCUT2D eigenvalue weighted by Gasteiger charge is 2.12. The molecule has 0 spiro atoms. The first-order valence-electron chi connectivity index (χ1n) is 5.89. The summed E-state index contributed by atoms with van der Waals surface area (Å²) in [5.41, 5.74) is 0.671. The fourth-order valence-electron chi connectivity index (χ4n) is 1.42. The van der Waals surface area contributed by atoms with Crippen LogP contribution in [0, 0.1) is 17.0 Å². The molecule has 0 bridgehead atoms. The van der Waals surface area contributed by atoms with E-state index in [4.69, 9.17) is 0 Å². The van der Waals surface area contributed by atoms with Crippen LogP contribution in [0.5, 0.6) is 0 Å². The number of nitrogens with zero attached hydrogens (tertiary/aromatic N) is 1. The molecule has 0 aromatic heterocycles. The molecular formula is C12H15N3O5. The lowest BCUT2D eigenvalue weighted by Crippen LogP contribution is -2.34. The zero-order valence-electron chi connectivity index (χ0n) is 11.1. The van der Waals surface area contributed by atoms with Gasteiger partial charge in [0.15, 0.2) is 0 Å². The van der Waals surface area contributed by atoms with E-state index in [2.05, 4.69) is 15.4 Å². The molecule has 0 radical (unpaired) electrons. The van der Waals surface area contributed by atoms with Crippen molar-refractivity contribution < 1.29 is 19.2 Å². The highest BCUT2D eigenvalue weighted by molar-refractivity contribution is 5.91. The van der Waals surface area contributed by atoms with E-state index >= 15 is 0 Å². The molecule has 0 atom stereocenters. The Hall–Kier alpha value is -2.64. The first-order valence-corrected chi connectivity index (χ1v) is 5.89.